The molecule has 1 amide bonds. The van der Waals surface area contributed by atoms with E-state index in [-0.39, 0.29) is 12.3 Å². The highest BCUT2D eigenvalue weighted by Gasteiger charge is 2.13. The van der Waals surface area contributed by atoms with Gasteiger partial charge < -0.3 is 5.73 Å². The topological polar surface area (TPSA) is 73.8 Å². The molecule has 2 heterocycles. The zero-order valence-electron chi connectivity index (χ0n) is 17.7. The molecule has 2 aromatic heterocycles. The molecule has 152 valence electrons. The van der Waals surface area contributed by atoms with E-state index in [0.29, 0.717) is 18.4 Å². The number of benzene rings is 1. The lowest BCUT2D eigenvalue weighted by Crippen LogP contribution is -2.13. The maximum atomic E-state index is 11.3. The molecular weight excluding hydrogens is 360 g/mol. The van der Waals surface area contributed by atoms with E-state index < -0.39 is 0 Å². The van der Waals surface area contributed by atoms with Crippen molar-refractivity contribution in [1.82, 2.24) is 14.8 Å². The fourth-order valence-corrected chi connectivity index (χ4v) is 3.54. The summed E-state index contributed by atoms with van der Waals surface area (Å²) >= 11 is 0. The Bertz CT molecular complexity index is 971. The molecule has 3 aromatic rings. The van der Waals surface area contributed by atoms with E-state index in [2.05, 4.69) is 50.9 Å². The van der Waals surface area contributed by atoms with E-state index in [0.717, 1.165) is 28.9 Å². The number of pyridine rings is 1. The van der Waals surface area contributed by atoms with Gasteiger partial charge in [0.05, 0.1) is 24.4 Å². The molecule has 3 rings (SSSR count). The summed E-state index contributed by atoms with van der Waals surface area (Å²) in [5, 5.41) is 4.77. The Morgan fingerprint density at radius 2 is 1.83 bits per heavy atom. The third-order valence-electron chi connectivity index (χ3n) is 4.89. The minimum atomic E-state index is -0.328. The lowest BCUT2D eigenvalue weighted by atomic mass is 9.93. The number of rotatable bonds is 8. The van der Waals surface area contributed by atoms with Crippen LogP contribution in [-0.2, 0) is 24.2 Å². The summed E-state index contributed by atoms with van der Waals surface area (Å²) in [7, 11) is 0. The SMILES string of the molecule is CC(C)Cc1ccc(Cn2ccc(-c3cc(CC(N)=O)ccc3C(C)C)n2)nc1. The minimum absolute atomic E-state index is 0.235. The van der Waals surface area contributed by atoms with Crippen LogP contribution in [0.4, 0.5) is 0 Å². The molecule has 0 aliphatic heterocycles. The quantitative estimate of drug-likeness (QED) is 0.622. The third kappa shape index (κ3) is 5.53. The zero-order valence-corrected chi connectivity index (χ0v) is 17.7. The second kappa shape index (κ2) is 9.03. The molecule has 1 aromatic carbocycles. The van der Waals surface area contributed by atoms with Crippen molar-refractivity contribution in [3.63, 3.8) is 0 Å². The van der Waals surface area contributed by atoms with Crippen molar-refractivity contribution in [2.24, 2.45) is 11.7 Å². The summed E-state index contributed by atoms with van der Waals surface area (Å²) in [6, 6.07) is 12.3. The fourth-order valence-electron chi connectivity index (χ4n) is 3.54. The Morgan fingerprint density at radius 1 is 1.07 bits per heavy atom. The van der Waals surface area contributed by atoms with E-state index in [9.17, 15) is 4.79 Å². The summed E-state index contributed by atoms with van der Waals surface area (Å²) in [4.78, 5) is 15.9. The molecule has 0 bridgehead atoms. The Balaban J connectivity index is 1.82. The summed E-state index contributed by atoms with van der Waals surface area (Å²) in [6.45, 7) is 9.37. The molecule has 0 aliphatic carbocycles. The summed E-state index contributed by atoms with van der Waals surface area (Å²) in [6.07, 6.45) is 5.21. The van der Waals surface area contributed by atoms with Gasteiger partial charge in [0.2, 0.25) is 5.91 Å². The molecule has 0 radical (unpaired) electrons. The lowest BCUT2D eigenvalue weighted by molar-refractivity contribution is -0.117. The van der Waals surface area contributed by atoms with Crippen LogP contribution in [0.25, 0.3) is 11.3 Å². The van der Waals surface area contributed by atoms with Crippen LogP contribution >= 0.6 is 0 Å². The number of primary amides is 1. The van der Waals surface area contributed by atoms with Crippen LogP contribution in [0.2, 0.25) is 0 Å². The maximum absolute atomic E-state index is 11.3. The van der Waals surface area contributed by atoms with Crippen molar-refractivity contribution >= 4 is 5.91 Å². The molecule has 0 spiro atoms. The maximum Gasteiger partial charge on any atom is 0.221 e. The van der Waals surface area contributed by atoms with Crippen molar-refractivity contribution in [2.75, 3.05) is 0 Å². The van der Waals surface area contributed by atoms with Crippen LogP contribution in [0.3, 0.4) is 0 Å². The molecule has 0 fully saturated rings. The number of carbonyl (C=O) groups is 1. The third-order valence-corrected chi connectivity index (χ3v) is 4.89. The predicted molar refractivity (Wildman–Crippen MR) is 117 cm³/mol. The average Bonchev–Trinajstić information content (AvgIpc) is 3.10. The Kier molecular flexibility index (Phi) is 6.47. The van der Waals surface area contributed by atoms with E-state index in [4.69, 9.17) is 10.8 Å². The molecule has 0 aliphatic rings. The van der Waals surface area contributed by atoms with Gasteiger partial charge in [-0.3, -0.25) is 14.5 Å². The van der Waals surface area contributed by atoms with E-state index in [1.54, 1.807) is 0 Å². The van der Waals surface area contributed by atoms with Gasteiger partial charge in [-0.1, -0.05) is 45.9 Å². The van der Waals surface area contributed by atoms with Gasteiger partial charge in [-0.2, -0.15) is 5.10 Å². The van der Waals surface area contributed by atoms with E-state index in [1.807, 2.05) is 35.3 Å². The summed E-state index contributed by atoms with van der Waals surface area (Å²) in [5.74, 6) is 0.649. The van der Waals surface area contributed by atoms with Gasteiger partial charge in [-0.25, -0.2) is 0 Å². The number of hydrogen-bond donors (Lipinski definition) is 1. The Labute approximate surface area is 173 Å². The second-order valence-corrected chi connectivity index (χ2v) is 8.37. The highest BCUT2D eigenvalue weighted by Crippen LogP contribution is 2.29. The predicted octanol–water partition coefficient (Wildman–Crippen LogP) is 4.34. The smallest absolute Gasteiger partial charge is 0.221 e. The van der Waals surface area contributed by atoms with Crippen LogP contribution in [0, 0.1) is 5.92 Å². The number of carbonyl (C=O) groups excluding carboxylic acids is 1. The van der Waals surface area contributed by atoms with Gasteiger partial charge in [-0.05, 0) is 53.1 Å². The van der Waals surface area contributed by atoms with Gasteiger partial charge in [0.1, 0.15) is 0 Å². The molecule has 0 saturated carbocycles. The van der Waals surface area contributed by atoms with Crippen molar-refractivity contribution in [1.29, 1.82) is 0 Å². The minimum Gasteiger partial charge on any atom is -0.369 e. The molecular formula is C24H30N4O. The number of amides is 1. The molecule has 5 nitrogen and oxygen atoms in total. The largest absolute Gasteiger partial charge is 0.369 e. The van der Waals surface area contributed by atoms with Crippen molar-refractivity contribution in [3.05, 3.63) is 71.2 Å². The highest BCUT2D eigenvalue weighted by molar-refractivity contribution is 5.77. The first-order valence-corrected chi connectivity index (χ1v) is 10.2. The number of nitrogens with two attached hydrogens (primary N) is 1. The van der Waals surface area contributed by atoms with E-state index >= 15 is 0 Å². The van der Waals surface area contributed by atoms with Gasteiger partial charge in [0.25, 0.3) is 0 Å². The first-order valence-electron chi connectivity index (χ1n) is 10.2. The Hall–Kier alpha value is -2.95. The fraction of sp³-hybridized carbons (Fsp3) is 0.375. The monoisotopic (exact) mass is 390 g/mol. The van der Waals surface area contributed by atoms with Crippen molar-refractivity contribution in [2.45, 2.75) is 53.0 Å². The van der Waals surface area contributed by atoms with Crippen LogP contribution < -0.4 is 5.73 Å². The highest BCUT2D eigenvalue weighted by atomic mass is 16.1. The molecule has 0 atom stereocenters. The van der Waals surface area contributed by atoms with Crippen LogP contribution in [0.5, 0.6) is 0 Å². The van der Waals surface area contributed by atoms with Gasteiger partial charge in [-0.15, -0.1) is 0 Å². The van der Waals surface area contributed by atoms with Gasteiger partial charge in [0, 0.05) is 18.0 Å². The van der Waals surface area contributed by atoms with Crippen LogP contribution in [0.1, 0.15) is 56.0 Å². The summed E-state index contributed by atoms with van der Waals surface area (Å²) in [5.41, 5.74) is 11.7. The number of aromatic nitrogens is 3. The normalized spacial score (nSPS) is 11.4. The zero-order chi connectivity index (χ0) is 21.0. The number of hydrogen-bond acceptors (Lipinski definition) is 3. The molecule has 0 saturated heterocycles. The molecule has 29 heavy (non-hydrogen) atoms. The molecule has 0 unspecified atom stereocenters. The lowest BCUT2D eigenvalue weighted by Gasteiger charge is -2.13. The van der Waals surface area contributed by atoms with Gasteiger partial charge >= 0.3 is 0 Å². The van der Waals surface area contributed by atoms with Gasteiger partial charge in [0.15, 0.2) is 0 Å². The standard InChI is InChI=1S/C24H30N4O/c1-16(2)11-19-5-7-20(26-14-19)15-28-10-9-23(27-28)22-12-18(13-24(25)29)6-8-21(22)17(3)4/h5-10,12,14,16-17H,11,13,15H2,1-4H3,(H2,25,29). The Morgan fingerprint density at radius 3 is 2.45 bits per heavy atom. The first-order chi connectivity index (χ1) is 13.8. The molecule has 5 heteroatoms. The van der Waals surface area contributed by atoms with Crippen molar-refractivity contribution in [3.8, 4) is 11.3 Å². The van der Waals surface area contributed by atoms with Crippen LogP contribution in [0.15, 0.2) is 48.8 Å². The average molecular weight is 391 g/mol. The molecule has 2 N–H and O–H groups in total. The van der Waals surface area contributed by atoms with E-state index in [1.165, 1.54) is 11.1 Å². The second-order valence-electron chi connectivity index (χ2n) is 8.37. The van der Waals surface area contributed by atoms with Crippen LogP contribution in [-0.4, -0.2) is 20.7 Å². The van der Waals surface area contributed by atoms with Crippen molar-refractivity contribution < 1.29 is 4.79 Å². The first kappa shape index (κ1) is 20.8. The summed E-state index contributed by atoms with van der Waals surface area (Å²) < 4.78 is 1.91. The number of nitrogens with zero attached hydrogens (tertiary/aromatic N) is 3.